The molecule has 0 radical (unpaired) electrons. The van der Waals surface area contributed by atoms with Crippen LogP contribution in [0.3, 0.4) is 0 Å². The van der Waals surface area contributed by atoms with Gasteiger partial charge in [0.25, 0.3) is 0 Å². The number of carbonyl (C=O) groups is 2. The van der Waals surface area contributed by atoms with Crippen LogP contribution in [0.5, 0.6) is 11.5 Å². The van der Waals surface area contributed by atoms with Crippen molar-refractivity contribution < 1.29 is 19.1 Å². The van der Waals surface area contributed by atoms with Crippen molar-refractivity contribution >= 4 is 23.6 Å². The van der Waals surface area contributed by atoms with Gasteiger partial charge in [-0.2, -0.15) is 0 Å². The van der Waals surface area contributed by atoms with Crippen molar-refractivity contribution in [2.75, 3.05) is 6.79 Å². The lowest BCUT2D eigenvalue weighted by molar-refractivity contribution is -0.133. The van der Waals surface area contributed by atoms with E-state index in [1.54, 1.807) is 11.8 Å². The molecule has 0 aliphatic carbocycles. The Morgan fingerprint density at radius 3 is 2.74 bits per heavy atom. The highest BCUT2D eigenvalue weighted by molar-refractivity contribution is 8.00. The van der Waals surface area contributed by atoms with E-state index < -0.39 is 5.92 Å². The number of rotatable bonds is 7. The average molecular weight is 442 g/mol. The zero-order chi connectivity index (χ0) is 21.8. The van der Waals surface area contributed by atoms with Crippen molar-refractivity contribution in [2.45, 2.75) is 43.6 Å². The Kier molecular flexibility index (Phi) is 6.67. The molecular weight excluding hydrogens is 414 g/mol. The smallest absolute Gasteiger partial charge is 0.231 e. The summed E-state index contributed by atoms with van der Waals surface area (Å²) in [5.41, 5.74) is 1.94. The summed E-state index contributed by atoms with van der Waals surface area (Å²) in [6.45, 7) is 4.67. The van der Waals surface area contributed by atoms with Crippen LogP contribution >= 0.6 is 11.8 Å². The molecule has 0 aromatic heterocycles. The lowest BCUT2D eigenvalue weighted by atomic mass is 9.94. The summed E-state index contributed by atoms with van der Waals surface area (Å²) in [4.78, 5) is 25.2. The van der Waals surface area contributed by atoms with Crippen molar-refractivity contribution in [2.24, 2.45) is 5.92 Å². The Hall–Kier alpha value is -2.71. The molecule has 0 bridgehead atoms. The van der Waals surface area contributed by atoms with E-state index in [0.29, 0.717) is 18.0 Å². The fourth-order valence-electron chi connectivity index (χ4n) is 3.73. The van der Waals surface area contributed by atoms with Gasteiger partial charge in [-0.3, -0.25) is 14.9 Å². The lowest BCUT2D eigenvalue weighted by Gasteiger charge is -2.36. The summed E-state index contributed by atoms with van der Waals surface area (Å²) in [6, 6.07) is 15.7. The van der Waals surface area contributed by atoms with Crippen LogP contribution in [-0.4, -0.2) is 30.1 Å². The van der Waals surface area contributed by atoms with Gasteiger partial charge in [-0.05, 0) is 37.1 Å². The first-order valence-electron chi connectivity index (χ1n) is 10.4. The van der Waals surface area contributed by atoms with Crippen LogP contribution in [0.15, 0.2) is 48.5 Å². The maximum Gasteiger partial charge on any atom is 0.231 e. The van der Waals surface area contributed by atoms with E-state index in [-0.39, 0.29) is 41.8 Å². The molecule has 1 fully saturated rings. The first-order valence-corrected chi connectivity index (χ1v) is 11.4. The molecule has 31 heavy (non-hydrogen) atoms. The number of hydrogen-bond donors (Lipinski definition) is 3. The van der Waals surface area contributed by atoms with Gasteiger partial charge in [0, 0.05) is 24.3 Å². The molecule has 2 heterocycles. The molecule has 8 heteroatoms. The SMILES string of the molecule is CC(SC1NC(=O)C(CC(=O)NCc2ccc3c(c2)OCO3)C(C)N1)c1ccccc1. The summed E-state index contributed by atoms with van der Waals surface area (Å²) >= 11 is 1.65. The van der Waals surface area contributed by atoms with E-state index in [2.05, 4.69) is 35.0 Å². The minimum Gasteiger partial charge on any atom is -0.454 e. The summed E-state index contributed by atoms with van der Waals surface area (Å²) < 4.78 is 10.7. The van der Waals surface area contributed by atoms with Gasteiger partial charge in [0.2, 0.25) is 18.6 Å². The normalized spacial score (nSPS) is 23.2. The van der Waals surface area contributed by atoms with Gasteiger partial charge >= 0.3 is 0 Å². The molecule has 4 unspecified atom stereocenters. The lowest BCUT2D eigenvalue weighted by Crippen LogP contribution is -2.59. The van der Waals surface area contributed by atoms with E-state index in [4.69, 9.17) is 9.47 Å². The molecular formula is C23H27N3O4S. The molecule has 0 spiro atoms. The van der Waals surface area contributed by atoms with Crippen molar-refractivity contribution in [3.63, 3.8) is 0 Å². The van der Waals surface area contributed by atoms with Crippen LogP contribution in [0.25, 0.3) is 0 Å². The minimum absolute atomic E-state index is 0.0951. The molecule has 4 atom stereocenters. The Morgan fingerprint density at radius 2 is 1.97 bits per heavy atom. The topological polar surface area (TPSA) is 88.7 Å². The Labute approximate surface area is 186 Å². The first-order chi connectivity index (χ1) is 15.0. The third kappa shape index (κ3) is 5.32. The molecule has 2 aromatic rings. The molecule has 2 aliphatic rings. The molecule has 164 valence electrons. The van der Waals surface area contributed by atoms with E-state index in [0.717, 1.165) is 5.56 Å². The van der Waals surface area contributed by atoms with Gasteiger partial charge in [-0.25, -0.2) is 0 Å². The van der Waals surface area contributed by atoms with Gasteiger partial charge in [-0.15, -0.1) is 11.8 Å². The van der Waals surface area contributed by atoms with E-state index >= 15 is 0 Å². The van der Waals surface area contributed by atoms with Crippen molar-refractivity contribution in [3.8, 4) is 11.5 Å². The number of amides is 2. The summed E-state index contributed by atoms with van der Waals surface area (Å²) in [5, 5.41) is 9.56. The van der Waals surface area contributed by atoms with Crippen LogP contribution < -0.4 is 25.4 Å². The van der Waals surface area contributed by atoms with Crippen LogP contribution in [0.2, 0.25) is 0 Å². The maximum atomic E-state index is 12.7. The van der Waals surface area contributed by atoms with Gasteiger partial charge < -0.3 is 20.1 Å². The first kappa shape index (κ1) is 21.5. The van der Waals surface area contributed by atoms with E-state index in [9.17, 15) is 9.59 Å². The summed E-state index contributed by atoms with van der Waals surface area (Å²) in [5.74, 6) is 0.727. The van der Waals surface area contributed by atoms with Crippen molar-refractivity contribution in [1.82, 2.24) is 16.0 Å². The van der Waals surface area contributed by atoms with Gasteiger partial charge in [0.05, 0.1) is 5.92 Å². The minimum atomic E-state index is -0.416. The molecule has 7 nitrogen and oxygen atoms in total. The highest BCUT2D eigenvalue weighted by Gasteiger charge is 2.35. The average Bonchev–Trinajstić information content (AvgIpc) is 3.23. The van der Waals surface area contributed by atoms with Crippen molar-refractivity contribution in [1.29, 1.82) is 0 Å². The summed E-state index contributed by atoms with van der Waals surface area (Å²) in [7, 11) is 0. The standard InChI is InChI=1S/C23H27N3O4S/c1-14-18(11-21(27)24-12-16-8-9-19-20(10-16)30-13-29-19)22(28)26-23(25-14)31-15(2)17-6-4-3-5-7-17/h3-10,14-15,18,23,25H,11-13H2,1-2H3,(H,24,27)(H,26,28). The zero-order valence-corrected chi connectivity index (χ0v) is 18.4. The Bertz CT molecular complexity index is 940. The number of benzene rings is 2. The largest absolute Gasteiger partial charge is 0.454 e. The Balaban J connectivity index is 1.26. The molecule has 4 rings (SSSR count). The predicted octanol–water partition coefficient (Wildman–Crippen LogP) is 2.92. The van der Waals surface area contributed by atoms with Gasteiger partial charge in [0.1, 0.15) is 5.50 Å². The fourth-order valence-corrected chi connectivity index (χ4v) is 4.93. The monoisotopic (exact) mass is 441 g/mol. The van der Waals surface area contributed by atoms with Crippen LogP contribution in [-0.2, 0) is 16.1 Å². The number of thioether (sulfide) groups is 1. The number of nitrogens with one attached hydrogen (secondary N) is 3. The number of fused-ring (bicyclic) bond motifs is 1. The molecule has 3 N–H and O–H groups in total. The van der Waals surface area contributed by atoms with Crippen LogP contribution in [0.1, 0.15) is 36.6 Å². The van der Waals surface area contributed by atoms with E-state index in [1.807, 2.05) is 43.3 Å². The fraction of sp³-hybridized carbons (Fsp3) is 0.391. The third-order valence-corrected chi connectivity index (χ3v) is 6.78. The maximum absolute atomic E-state index is 12.7. The summed E-state index contributed by atoms with van der Waals surface area (Å²) in [6.07, 6.45) is 0.135. The number of carbonyl (C=O) groups excluding carboxylic acids is 2. The van der Waals surface area contributed by atoms with Crippen LogP contribution in [0, 0.1) is 5.92 Å². The number of ether oxygens (including phenoxy) is 2. The molecule has 2 aliphatic heterocycles. The number of hydrogen-bond acceptors (Lipinski definition) is 6. The van der Waals surface area contributed by atoms with E-state index in [1.165, 1.54) is 5.56 Å². The quantitative estimate of drug-likeness (QED) is 0.612. The Morgan fingerprint density at radius 1 is 1.19 bits per heavy atom. The second-order valence-electron chi connectivity index (χ2n) is 7.81. The van der Waals surface area contributed by atoms with Gasteiger partial charge in [0.15, 0.2) is 11.5 Å². The molecule has 2 amide bonds. The van der Waals surface area contributed by atoms with Crippen LogP contribution in [0.4, 0.5) is 0 Å². The zero-order valence-electron chi connectivity index (χ0n) is 17.6. The second-order valence-corrected chi connectivity index (χ2v) is 9.26. The second kappa shape index (κ2) is 9.62. The van der Waals surface area contributed by atoms with Crippen molar-refractivity contribution in [3.05, 3.63) is 59.7 Å². The molecule has 1 saturated heterocycles. The predicted molar refractivity (Wildman–Crippen MR) is 119 cm³/mol. The molecule has 2 aromatic carbocycles. The highest BCUT2D eigenvalue weighted by Crippen LogP contribution is 2.33. The third-order valence-electron chi connectivity index (χ3n) is 5.57. The van der Waals surface area contributed by atoms with Gasteiger partial charge in [-0.1, -0.05) is 36.4 Å². The highest BCUT2D eigenvalue weighted by atomic mass is 32.2. The molecule has 0 saturated carbocycles.